The molecule has 3 heteroatoms. The zero-order valence-corrected chi connectivity index (χ0v) is 17.7. The van der Waals surface area contributed by atoms with Gasteiger partial charge in [0.2, 0.25) is 0 Å². The van der Waals surface area contributed by atoms with E-state index in [1.807, 2.05) is 32.5 Å². The van der Waals surface area contributed by atoms with Gasteiger partial charge in [-0.05, 0) is 47.1 Å². The van der Waals surface area contributed by atoms with Crippen molar-refractivity contribution < 1.29 is 4.79 Å². The van der Waals surface area contributed by atoms with Crippen LogP contribution in [-0.4, -0.2) is 22.1 Å². The molecular formula is C21H35NOS. The van der Waals surface area contributed by atoms with E-state index < -0.39 is 0 Å². The van der Waals surface area contributed by atoms with E-state index in [4.69, 9.17) is 0 Å². The number of thioether (sulfide) groups is 1. The summed E-state index contributed by atoms with van der Waals surface area (Å²) in [6.07, 6.45) is 0. The van der Waals surface area contributed by atoms with E-state index in [9.17, 15) is 4.79 Å². The Morgan fingerprint density at radius 3 is 2.12 bits per heavy atom. The van der Waals surface area contributed by atoms with Crippen molar-refractivity contribution in [3.63, 3.8) is 0 Å². The van der Waals surface area contributed by atoms with Crippen LogP contribution in [0.3, 0.4) is 0 Å². The van der Waals surface area contributed by atoms with Crippen molar-refractivity contribution in [1.82, 2.24) is 5.32 Å². The van der Waals surface area contributed by atoms with Gasteiger partial charge in [-0.2, -0.15) is 0 Å². The molecule has 0 heterocycles. The van der Waals surface area contributed by atoms with E-state index in [2.05, 4.69) is 71.1 Å². The van der Waals surface area contributed by atoms with Gasteiger partial charge < -0.3 is 5.32 Å². The first-order chi connectivity index (χ1) is 10.7. The minimum absolute atomic E-state index is 0.104. The number of benzene rings is 1. The van der Waals surface area contributed by atoms with Gasteiger partial charge in [-0.15, -0.1) is 11.8 Å². The fourth-order valence-electron chi connectivity index (χ4n) is 2.58. The lowest BCUT2D eigenvalue weighted by Gasteiger charge is -2.41. The minimum atomic E-state index is -0.357. The highest BCUT2D eigenvalue weighted by Gasteiger charge is 2.41. The molecule has 0 amide bonds. The summed E-state index contributed by atoms with van der Waals surface area (Å²) in [5.74, 6) is 1.19. The normalized spacial score (nSPS) is 14.5. The molecule has 0 saturated heterocycles. The molecule has 0 aromatic heterocycles. The van der Waals surface area contributed by atoms with Gasteiger partial charge in [0.1, 0.15) is 0 Å². The fourth-order valence-corrected chi connectivity index (χ4v) is 3.63. The first kappa shape index (κ1) is 21.2. The molecule has 0 saturated carbocycles. The van der Waals surface area contributed by atoms with Gasteiger partial charge in [-0.1, -0.05) is 50.6 Å². The molecule has 24 heavy (non-hydrogen) atoms. The molecule has 0 radical (unpaired) electrons. The third kappa shape index (κ3) is 6.60. The largest absolute Gasteiger partial charge is 0.302 e. The summed E-state index contributed by atoms with van der Waals surface area (Å²) in [6.45, 7) is 18.9. The van der Waals surface area contributed by atoms with E-state index in [0.717, 1.165) is 5.75 Å². The summed E-state index contributed by atoms with van der Waals surface area (Å²) < 4.78 is -0.193. The Balaban J connectivity index is 2.99. The van der Waals surface area contributed by atoms with Crippen molar-refractivity contribution in [2.24, 2.45) is 5.41 Å². The SMILES string of the molecule is Cc1cccc(CSC(C)(C)C(NC(C)(C)C)C(=O)C(C)(C)C)c1. The summed E-state index contributed by atoms with van der Waals surface area (Å²) in [5, 5.41) is 3.58. The van der Waals surface area contributed by atoms with E-state index in [0.29, 0.717) is 0 Å². The number of hydrogen-bond acceptors (Lipinski definition) is 3. The fraction of sp³-hybridized carbons (Fsp3) is 0.667. The Kier molecular flexibility index (Phi) is 6.74. The first-order valence-electron chi connectivity index (χ1n) is 8.74. The molecule has 1 aromatic carbocycles. The summed E-state index contributed by atoms with van der Waals surface area (Å²) in [6, 6.07) is 8.41. The molecule has 0 bridgehead atoms. The van der Waals surface area contributed by atoms with Gasteiger partial charge in [0.05, 0.1) is 6.04 Å². The Labute approximate surface area is 153 Å². The van der Waals surface area contributed by atoms with Crippen LogP contribution in [0.25, 0.3) is 0 Å². The molecule has 1 atom stereocenters. The second kappa shape index (κ2) is 7.61. The topological polar surface area (TPSA) is 29.1 Å². The number of nitrogens with one attached hydrogen (secondary N) is 1. The Morgan fingerprint density at radius 2 is 1.67 bits per heavy atom. The van der Waals surface area contributed by atoms with Crippen LogP contribution in [0.1, 0.15) is 66.5 Å². The lowest BCUT2D eigenvalue weighted by atomic mass is 9.81. The maximum absolute atomic E-state index is 13.1. The summed E-state index contributed by atoms with van der Waals surface area (Å²) in [4.78, 5) is 13.1. The average molecular weight is 350 g/mol. The maximum atomic E-state index is 13.1. The third-order valence-corrected chi connectivity index (χ3v) is 5.42. The second-order valence-electron chi connectivity index (χ2n) is 9.32. The van der Waals surface area contributed by atoms with Gasteiger partial charge in [0, 0.05) is 21.5 Å². The molecule has 0 fully saturated rings. The van der Waals surface area contributed by atoms with Crippen LogP contribution in [0, 0.1) is 12.3 Å². The third-order valence-electron chi connectivity index (χ3n) is 3.97. The van der Waals surface area contributed by atoms with Gasteiger partial charge in [0.15, 0.2) is 5.78 Å². The molecule has 0 aliphatic carbocycles. The molecule has 1 unspecified atom stereocenters. The van der Waals surface area contributed by atoms with Crippen LogP contribution in [-0.2, 0) is 10.5 Å². The first-order valence-corrected chi connectivity index (χ1v) is 9.72. The average Bonchev–Trinajstić information content (AvgIpc) is 2.40. The summed E-state index contributed by atoms with van der Waals surface area (Å²) in [7, 11) is 0. The molecular weight excluding hydrogens is 314 g/mol. The number of rotatable bonds is 6. The van der Waals surface area contributed by atoms with Gasteiger partial charge >= 0.3 is 0 Å². The number of ketones is 1. The van der Waals surface area contributed by atoms with Crippen LogP contribution in [0.4, 0.5) is 0 Å². The van der Waals surface area contributed by atoms with E-state index in [1.54, 1.807) is 0 Å². The van der Waals surface area contributed by atoms with Gasteiger partial charge in [-0.3, -0.25) is 4.79 Å². The number of aryl methyl sites for hydroxylation is 1. The van der Waals surface area contributed by atoms with Crippen molar-refractivity contribution >= 4 is 17.5 Å². The van der Waals surface area contributed by atoms with Gasteiger partial charge in [0.25, 0.3) is 0 Å². The van der Waals surface area contributed by atoms with Crippen molar-refractivity contribution in [1.29, 1.82) is 0 Å². The van der Waals surface area contributed by atoms with E-state index in [1.165, 1.54) is 11.1 Å². The Morgan fingerprint density at radius 1 is 1.08 bits per heavy atom. The number of hydrogen-bond donors (Lipinski definition) is 1. The zero-order valence-electron chi connectivity index (χ0n) is 16.9. The van der Waals surface area contributed by atoms with Gasteiger partial charge in [-0.25, -0.2) is 0 Å². The molecule has 1 rings (SSSR count). The second-order valence-corrected chi connectivity index (χ2v) is 11.0. The lowest BCUT2D eigenvalue weighted by molar-refractivity contribution is -0.129. The van der Waals surface area contributed by atoms with E-state index >= 15 is 0 Å². The predicted octanol–water partition coefficient (Wildman–Crippen LogP) is 5.38. The van der Waals surface area contributed by atoms with Crippen LogP contribution in [0.15, 0.2) is 24.3 Å². The van der Waals surface area contributed by atoms with Crippen LogP contribution >= 0.6 is 11.8 Å². The molecule has 0 aliphatic rings. The van der Waals surface area contributed by atoms with E-state index in [-0.39, 0.29) is 27.5 Å². The molecule has 136 valence electrons. The van der Waals surface area contributed by atoms with Crippen molar-refractivity contribution in [3.8, 4) is 0 Å². The Bertz CT molecular complexity index is 564. The summed E-state index contributed by atoms with van der Waals surface area (Å²) >= 11 is 1.85. The highest BCUT2D eigenvalue weighted by molar-refractivity contribution is 7.99. The molecule has 0 spiro atoms. The predicted molar refractivity (Wildman–Crippen MR) is 108 cm³/mol. The smallest absolute Gasteiger partial charge is 0.156 e. The van der Waals surface area contributed by atoms with Crippen LogP contribution in [0.2, 0.25) is 0 Å². The van der Waals surface area contributed by atoms with Crippen molar-refractivity contribution in [2.75, 3.05) is 0 Å². The number of carbonyl (C=O) groups is 1. The van der Waals surface area contributed by atoms with Crippen LogP contribution < -0.4 is 5.32 Å². The summed E-state index contributed by atoms with van der Waals surface area (Å²) in [5.41, 5.74) is 2.13. The maximum Gasteiger partial charge on any atom is 0.156 e. The monoisotopic (exact) mass is 349 g/mol. The quantitative estimate of drug-likeness (QED) is 0.747. The van der Waals surface area contributed by atoms with Crippen LogP contribution in [0.5, 0.6) is 0 Å². The highest BCUT2D eigenvalue weighted by atomic mass is 32.2. The molecule has 1 N–H and O–H groups in total. The molecule has 2 nitrogen and oxygen atoms in total. The number of carbonyl (C=O) groups excluding carboxylic acids is 1. The number of Topliss-reactive ketones (excluding diaryl/α,β-unsaturated/α-hetero) is 1. The highest BCUT2D eigenvalue weighted by Crippen LogP contribution is 2.35. The zero-order chi connectivity index (χ0) is 18.8. The van der Waals surface area contributed by atoms with Crippen molar-refractivity contribution in [3.05, 3.63) is 35.4 Å². The molecule has 0 aliphatic heterocycles. The standard InChI is InChI=1S/C21H35NOS/c1-15-11-10-12-16(13-15)14-24-21(8,9)17(22-20(5,6)7)18(23)19(2,3)4/h10-13,17,22H,14H2,1-9H3. The lowest BCUT2D eigenvalue weighted by Crippen LogP contribution is -2.59. The Hall–Kier alpha value is -0.800. The van der Waals surface area contributed by atoms with Crippen molar-refractivity contribution in [2.45, 2.75) is 84.4 Å². The minimum Gasteiger partial charge on any atom is -0.302 e. The molecule has 1 aromatic rings.